The molecular weight excluding hydrogens is 517 g/mol. The van der Waals surface area contributed by atoms with Gasteiger partial charge >= 0.3 is 26.2 Å². The van der Waals surface area contributed by atoms with Crippen LogP contribution in [0.5, 0.6) is 0 Å². The quantitative estimate of drug-likeness (QED) is 0.234. The van der Waals surface area contributed by atoms with E-state index in [1.165, 1.54) is 43.5 Å². The minimum absolute atomic E-state index is 0. The van der Waals surface area contributed by atoms with Crippen molar-refractivity contribution < 1.29 is 51.0 Å². The van der Waals surface area contributed by atoms with Crippen molar-refractivity contribution in [3.8, 4) is 11.1 Å². The molecule has 0 amide bonds. The largest absolute Gasteiger partial charge is 4.00 e. The summed E-state index contributed by atoms with van der Waals surface area (Å²) in [5.41, 5.74) is 3.95. The molecule has 0 saturated carbocycles. The van der Waals surface area contributed by atoms with Crippen LogP contribution in [0.4, 0.5) is 0 Å². The molecule has 4 heteroatoms. The van der Waals surface area contributed by atoms with Crippen molar-refractivity contribution in [2.45, 2.75) is 6.92 Å². The van der Waals surface area contributed by atoms with Crippen LogP contribution >= 0.6 is 7.92 Å². The fourth-order valence-corrected chi connectivity index (χ4v) is 4.44. The number of aryl methyl sites for hydroxylation is 1. The van der Waals surface area contributed by atoms with Gasteiger partial charge < -0.3 is 24.8 Å². The summed E-state index contributed by atoms with van der Waals surface area (Å²) in [5.74, 6) is 0. The monoisotopic (exact) mass is 540 g/mol. The van der Waals surface area contributed by atoms with E-state index in [1.54, 1.807) is 0 Å². The Morgan fingerprint density at radius 2 is 1.32 bits per heavy atom. The molecule has 156 valence electrons. The smallest absolute Gasteiger partial charge is 1.00 e. The van der Waals surface area contributed by atoms with Crippen LogP contribution in [0.15, 0.2) is 97.1 Å². The van der Waals surface area contributed by atoms with Gasteiger partial charge in [0.2, 0.25) is 0 Å². The van der Waals surface area contributed by atoms with E-state index in [0.29, 0.717) is 0 Å². The molecule has 0 aromatic heterocycles. The zero-order chi connectivity index (χ0) is 19.5. The van der Waals surface area contributed by atoms with Gasteiger partial charge in [0, 0.05) is 0 Å². The number of benzene rings is 3. The van der Waals surface area contributed by atoms with Crippen molar-refractivity contribution in [1.82, 2.24) is 0 Å². The normalized spacial score (nSPS) is 9.94. The molecule has 0 aliphatic carbocycles. The fraction of sp³-hybridized carbons (Fsp3) is 0.111. The van der Waals surface area contributed by atoms with Crippen LogP contribution in [-0.4, -0.2) is 13.3 Å². The van der Waals surface area contributed by atoms with E-state index in [4.69, 9.17) is 0 Å². The molecule has 0 bridgehead atoms. The Labute approximate surface area is 218 Å². The summed E-state index contributed by atoms with van der Waals surface area (Å²) >= 11 is 0. The van der Waals surface area contributed by atoms with E-state index in [0.717, 1.165) is 0 Å². The molecule has 5 aromatic rings. The molecule has 0 aliphatic heterocycles. The molecule has 0 nitrogen and oxygen atoms in total. The van der Waals surface area contributed by atoms with Crippen molar-refractivity contribution >= 4 is 34.8 Å². The summed E-state index contributed by atoms with van der Waals surface area (Å²) in [4.78, 5) is 0. The molecular formula is C27H25Cl2PZr. The van der Waals surface area contributed by atoms with E-state index in [9.17, 15) is 0 Å². The maximum atomic E-state index is 2.31. The first-order valence-corrected chi connectivity index (χ1v) is 11.9. The van der Waals surface area contributed by atoms with E-state index >= 15 is 0 Å². The Hall–Kier alpha value is -1.23. The Morgan fingerprint density at radius 1 is 0.677 bits per heavy atom. The Morgan fingerprint density at radius 3 is 2.00 bits per heavy atom. The van der Waals surface area contributed by atoms with Crippen LogP contribution in [0.1, 0.15) is 5.56 Å². The Bertz CT molecular complexity index is 1170. The van der Waals surface area contributed by atoms with Crippen LogP contribution in [0.3, 0.4) is 0 Å². The molecule has 5 rings (SSSR count). The molecule has 0 radical (unpaired) electrons. The summed E-state index contributed by atoms with van der Waals surface area (Å²) in [6, 6.07) is 34.7. The van der Waals surface area contributed by atoms with E-state index in [2.05, 4.69) is 117 Å². The first-order valence-electron chi connectivity index (χ1n) is 9.66. The Balaban J connectivity index is 0.000000292. The third kappa shape index (κ3) is 6.63. The van der Waals surface area contributed by atoms with Gasteiger partial charge in [0.15, 0.2) is 0 Å². The van der Waals surface area contributed by atoms with Crippen LogP contribution in [-0.2, 0) is 26.2 Å². The van der Waals surface area contributed by atoms with Crippen molar-refractivity contribution in [2.75, 3.05) is 13.3 Å². The predicted octanol–water partition coefficient (Wildman–Crippen LogP) is 1.47. The molecule has 0 spiro atoms. The van der Waals surface area contributed by atoms with Gasteiger partial charge in [0.1, 0.15) is 0 Å². The van der Waals surface area contributed by atoms with Crippen LogP contribution in [0, 0.1) is 6.92 Å². The van der Waals surface area contributed by atoms with Crippen molar-refractivity contribution in [2.24, 2.45) is 0 Å². The summed E-state index contributed by atoms with van der Waals surface area (Å²) in [5, 5.41) is 6.95. The Kier molecular flexibility index (Phi) is 11.4. The van der Waals surface area contributed by atoms with Crippen LogP contribution in [0.25, 0.3) is 32.7 Å². The summed E-state index contributed by atoms with van der Waals surface area (Å²) in [6.07, 6.45) is 0. The number of hydrogen-bond acceptors (Lipinski definition) is 0. The second-order valence-corrected chi connectivity index (χ2v) is 9.75. The molecule has 0 heterocycles. The number of halogens is 2. The topological polar surface area (TPSA) is 0 Å². The number of hydrogen-bond donors (Lipinski definition) is 0. The average Bonchev–Trinajstić information content (AvgIpc) is 3.31. The minimum atomic E-state index is 0. The maximum Gasteiger partial charge on any atom is 4.00 e. The zero-order valence-corrected chi connectivity index (χ0v) is 22.8. The van der Waals surface area contributed by atoms with E-state index < -0.39 is 0 Å². The molecule has 0 aliphatic rings. The summed E-state index contributed by atoms with van der Waals surface area (Å²) in [6.45, 7) is 6.74. The van der Waals surface area contributed by atoms with Gasteiger partial charge in [-0.05, 0) is 18.9 Å². The molecule has 0 N–H and O–H groups in total. The molecule has 0 unspecified atom stereocenters. The first-order chi connectivity index (χ1) is 13.6. The third-order valence-corrected chi connectivity index (χ3v) is 6.39. The van der Waals surface area contributed by atoms with Crippen LogP contribution < -0.4 is 30.1 Å². The molecule has 31 heavy (non-hydrogen) atoms. The summed E-state index contributed by atoms with van der Waals surface area (Å²) in [7, 11) is 0.0576. The number of rotatable bonds is 2. The van der Waals surface area contributed by atoms with Gasteiger partial charge in [0.25, 0.3) is 0 Å². The molecule has 0 fully saturated rings. The standard InChI is InChI=1S/C16H13.C11H12P.2ClH.Zr/c1-12-10-14-8-5-9-15(16(14)11-12)13-6-3-2-4-7-13;1-12(2)11-7-9-5-3-4-6-10(9)8-11;;;/h2-11H,1H3;3-8H,1-2H3;2*1H;/q2*-1;;;+4/p-2. The second kappa shape index (κ2) is 12.7. The third-order valence-electron chi connectivity index (χ3n) is 5.10. The van der Waals surface area contributed by atoms with Crippen LogP contribution in [0.2, 0.25) is 0 Å². The predicted molar refractivity (Wildman–Crippen MR) is 128 cm³/mol. The molecule has 0 atom stereocenters. The van der Waals surface area contributed by atoms with Gasteiger partial charge in [-0.2, -0.15) is 12.1 Å². The first kappa shape index (κ1) is 27.8. The van der Waals surface area contributed by atoms with Crippen molar-refractivity contribution in [3.63, 3.8) is 0 Å². The summed E-state index contributed by atoms with van der Waals surface area (Å²) < 4.78 is 0. The SMILES string of the molecule is CP(C)c1cc2ccccc2[cH-]1.Cc1cc2c(-c3ccccc3)cccc2[cH-]1.[Cl-].[Cl-].[Zr+4]. The van der Waals surface area contributed by atoms with Gasteiger partial charge in [-0.1, -0.05) is 55.0 Å². The second-order valence-electron chi connectivity index (χ2n) is 7.44. The molecule has 0 saturated heterocycles. The van der Waals surface area contributed by atoms with Gasteiger partial charge in [-0.15, -0.1) is 82.8 Å². The minimum Gasteiger partial charge on any atom is -1.00 e. The van der Waals surface area contributed by atoms with Crippen molar-refractivity contribution in [3.05, 3.63) is 103 Å². The number of fused-ring (bicyclic) bond motifs is 2. The van der Waals surface area contributed by atoms with E-state index in [-0.39, 0.29) is 58.9 Å². The van der Waals surface area contributed by atoms with Crippen molar-refractivity contribution in [1.29, 1.82) is 0 Å². The average molecular weight is 543 g/mol. The van der Waals surface area contributed by atoms with E-state index in [1.807, 2.05) is 0 Å². The molecule has 5 aromatic carbocycles. The maximum absolute atomic E-state index is 2.31. The fourth-order valence-electron chi connectivity index (χ4n) is 3.65. The van der Waals surface area contributed by atoms with Gasteiger partial charge in [-0.3, -0.25) is 0 Å². The van der Waals surface area contributed by atoms with Gasteiger partial charge in [0.05, 0.1) is 0 Å². The van der Waals surface area contributed by atoms with Gasteiger partial charge in [-0.25, -0.2) is 0 Å². The zero-order valence-electron chi connectivity index (χ0n) is 17.9.